The maximum atomic E-state index is 6.17. The third-order valence-electron chi connectivity index (χ3n) is 4.51. The fourth-order valence-electron chi connectivity index (χ4n) is 3.21. The van der Waals surface area contributed by atoms with Crippen LogP contribution >= 0.6 is 0 Å². The second-order valence-corrected chi connectivity index (χ2v) is 6.91. The molecule has 1 heterocycles. The molecule has 106 valence electrons. The van der Waals surface area contributed by atoms with Crippen molar-refractivity contribution in [3.05, 3.63) is 0 Å². The Bertz CT molecular complexity index is 264. The highest BCUT2D eigenvalue weighted by molar-refractivity contribution is 4.89. The largest absolute Gasteiger partial charge is 0.347 e. The monoisotopic (exact) mass is 255 g/mol. The van der Waals surface area contributed by atoms with Crippen molar-refractivity contribution in [2.45, 2.75) is 65.3 Å². The number of nitrogens with one attached hydrogen (secondary N) is 1. The van der Waals surface area contributed by atoms with Gasteiger partial charge in [0, 0.05) is 19.4 Å². The minimum Gasteiger partial charge on any atom is -0.347 e. The van der Waals surface area contributed by atoms with Crippen molar-refractivity contribution in [1.82, 2.24) is 5.32 Å². The minimum absolute atomic E-state index is 0.246. The summed E-state index contributed by atoms with van der Waals surface area (Å²) < 4.78 is 12.2. The van der Waals surface area contributed by atoms with Gasteiger partial charge in [0.1, 0.15) is 0 Å². The van der Waals surface area contributed by atoms with E-state index >= 15 is 0 Å². The Kier molecular flexibility index (Phi) is 4.35. The van der Waals surface area contributed by atoms with Crippen molar-refractivity contribution in [2.75, 3.05) is 19.7 Å². The lowest BCUT2D eigenvalue weighted by atomic mass is 9.71. The molecule has 3 nitrogen and oxygen atoms in total. The van der Waals surface area contributed by atoms with Gasteiger partial charge in [-0.05, 0) is 30.7 Å². The molecule has 2 fully saturated rings. The summed E-state index contributed by atoms with van der Waals surface area (Å²) in [6.07, 6.45) is 4.85. The van der Waals surface area contributed by atoms with E-state index in [2.05, 4.69) is 33.0 Å². The first-order valence-corrected chi connectivity index (χ1v) is 7.48. The van der Waals surface area contributed by atoms with Crippen molar-refractivity contribution in [1.29, 1.82) is 0 Å². The van der Waals surface area contributed by atoms with Crippen molar-refractivity contribution >= 4 is 0 Å². The predicted octanol–water partition coefficient (Wildman–Crippen LogP) is 2.94. The van der Waals surface area contributed by atoms with Crippen LogP contribution < -0.4 is 5.32 Å². The molecule has 1 aliphatic heterocycles. The third-order valence-corrected chi connectivity index (χ3v) is 4.51. The standard InChI is InChI=1S/C15H29NO2/c1-5-16-10-13-11-17-15(18-13)8-6-12(7-9-15)14(2,3)4/h12-13,16H,5-11H2,1-4H3. The molecule has 0 bridgehead atoms. The van der Waals surface area contributed by atoms with Gasteiger partial charge in [0.15, 0.2) is 5.79 Å². The molecular weight excluding hydrogens is 226 g/mol. The fraction of sp³-hybridized carbons (Fsp3) is 1.00. The van der Waals surface area contributed by atoms with Crippen molar-refractivity contribution in [3.8, 4) is 0 Å². The molecule has 1 saturated heterocycles. The van der Waals surface area contributed by atoms with Crippen molar-refractivity contribution in [2.24, 2.45) is 11.3 Å². The van der Waals surface area contributed by atoms with Gasteiger partial charge < -0.3 is 14.8 Å². The van der Waals surface area contributed by atoms with Crippen LogP contribution in [0.4, 0.5) is 0 Å². The summed E-state index contributed by atoms with van der Waals surface area (Å²) in [5, 5.41) is 3.34. The van der Waals surface area contributed by atoms with E-state index in [1.165, 1.54) is 12.8 Å². The van der Waals surface area contributed by atoms with Gasteiger partial charge in [-0.2, -0.15) is 0 Å². The maximum Gasteiger partial charge on any atom is 0.168 e. The number of ether oxygens (including phenoxy) is 2. The van der Waals surface area contributed by atoms with Crippen molar-refractivity contribution < 1.29 is 9.47 Å². The van der Waals surface area contributed by atoms with Gasteiger partial charge in [0.25, 0.3) is 0 Å². The van der Waals surface area contributed by atoms with Crippen LogP contribution in [0.3, 0.4) is 0 Å². The quantitative estimate of drug-likeness (QED) is 0.841. The first kappa shape index (κ1) is 14.3. The Labute approximate surface area is 112 Å². The molecule has 1 unspecified atom stereocenters. The molecule has 0 aromatic heterocycles. The lowest BCUT2D eigenvalue weighted by molar-refractivity contribution is -0.196. The Balaban J connectivity index is 1.82. The zero-order chi connectivity index (χ0) is 13.2. The fourth-order valence-corrected chi connectivity index (χ4v) is 3.21. The van der Waals surface area contributed by atoms with Crippen molar-refractivity contribution in [3.63, 3.8) is 0 Å². The molecule has 2 rings (SSSR count). The van der Waals surface area contributed by atoms with Gasteiger partial charge in [-0.15, -0.1) is 0 Å². The van der Waals surface area contributed by atoms with Gasteiger partial charge in [0.2, 0.25) is 0 Å². The zero-order valence-corrected chi connectivity index (χ0v) is 12.4. The maximum absolute atomic E-state index is 6.17. The number of rotatable bonds is 3. The van der Waals surface area contributed by atoms with Crippen LogP contribution in [0.25, 0.3) is 0 Å². The van der Waals surface area contributed by atoms with Crippen LogP contribution in [-0.2, 0) is 9.47 Å². The molecule has 1 aliphatic carbocycles. The molecule has 1 atom stereocenters. The minimum atomic E-state index is -0.248. The molecule has 0 aromatic carbocycles. The van der Waals surface area contributed by atoms with Crippen LogP contribution in [0.1, 0.15) is 53.4 Å². The molecule has 0 amide bonds. The molecule has 1 N–H and O–H groups in total. The molecule has 3 heteroatoms. The molecule has 1 saturated carbocycles. The summed E-state index contributed by atoms with van der Waals surface area (Å²) in [5.41, 5.74) is 0.420. The number of likely N-dealkylation sites (N-methyl/N-ethyl adjacent to an activating group) is 1. The number of hydrogen-bond donors (Lipinski definition) is 1. The molecule has 1 spiro atoms. The molecule has 2 aliphatic rings. The van der Waals surface area contributed by atoms with E-state index in [0.29, 0.717) is 5.41 Å². The predicted molar refractivity (Wildman–Crippen MR) is 73.5 cm³/mol. The van der Waals surface area contributed by atoms with Gasteiger partial charge >= 0.3 is 0 Å². The summed E-state index contributed by atoms with van der Waals surface area (Å²) in [6.45, 7) is 11.8. The Morgan fingerprint density at radius 3 is 2.44 bits per heavy atom. The smallest absolute Gasteiger partial charge is 0.168 e. The molecule has 18 heavy (non-hydrogen) atoms. The van der Waals surface area contributed by atoms with E-state index in [9.17, 15) is 0 Å². The average Bonchev–Trinajstić information content (AvgIpc) is 2.69. The van der Waals surface area contributed by atoms with Gasteiger partial charge in [0.05, 0.1) is 12.7 Å². The summed E-state index contributed by atoms with van der Waals surface area (Å²) in [7, 11) is 0. The van der Waals surface area contributed by atoms with E-state index in [-0.39, 0.29) is 11.9 Å². The van der Waals surface area contributed by atoms with Gasteiger partial charge in [-0.3, -0.25) is 0 Å². The SMILES string of the molecule is CCNCC1COC2(CCC(C(C)(C)C)CC2)O1. The van der Waals surface area contributed by atoms with Crippen LogP contribution in [0, 0.1) is 11.3 Å². The lowest BCUT2D eigenvalue weighted by Gasteiger charge is -2.41. The Morgan fingerprint density at radius 1 is 1.22 bits per heavy atom. The van der Waals surface area contributed by atoms with Gasteiger partial charge in [-0.1, -0.05) is 27.7 Å². The van der Waals surface area contributed by atoms with E-state index in [1.807, 2.05) is 0 Å². The lowest BCUT2D eigenvalue weighted by Crippen LogP contribution is -2.39. The van der Waals surface area contributed by atoms with E-state index in [1.54, 1.807) is 0 Å². The van der Waals surface area contributed by atoms with Crippen LogP contribution in [0.2, 0.25) is 0 Å². The van der Waals surface area contributed by atoms with E-state index in [4.69, 9.17) is 9.47 Å². The summed E-state index contributed by atoms with van der Waals surface area (Å²) in [4.78, 5) is 0. The summed E-state index contributed by atoms with van der Waals surface area (Å²) in [5.74, 6) is 0.560. The third kappa shape index (κ3) is 3.25. The van der Waals surface area contributed by atoms with Gasteiger partial charge in [-0.25, -0.2) is 0 Å². The first-order chi connectivity index (χ1) is 8.45. The number of hydrogen-bond acceptors (Lipinski definition) is 3. The highest BCUT2D eigenvalue weighted by atomic mass is 16.7. The zero-order valence-electron chi connectivity index (χ0n) is 12.4. The first-order valence-electron chi connectivity index (χ1n) is 7.48. The van der Waals surface area contributed by atoms with Crippen LogP contribution in [0.15, 0.2) is 0 Å². The normalized spacial score (nSPS) is 37.3. The van der Waals surface area contributed by atoms with E-state index in [0.717, 1.165) is 38.5 Å². The summed E-state index contributed by atoms with van der Waals surface area (Å²) in [6, 6.07) is 0. The Hall–Kier alpha value is -0.120. The molecule has 0 radical (unpaired) electrons. The summed E-state index contributed by atoms with van der Waals surface area (Å²) >= 11 is 0. The van der Waals surface area contributed by atoms with E-state index < -0.39 is 0 Å². The highest BCUT2D eigenvalue weighted by Gasteiger charge is 2.45. The van der Waals surface area contributed by atoms with Crippen LogP contribution in [0.5, 0.6) is 0 Å². The Morgan fingerprint density at radius 2 is 1.89 bits per heavy atom. The average molecular weight is 255 g/mol. The topological polar surface area (TPSA) is 30.5 Å². The molecular formula is C15H29NO2. The highest BCUT2D eigenvalue weighted by Crippen LogP contribution is 2.45. The van der Waals surface area contributed by atoms with Crippen LogP contribution in [-0.4, -0.2) is 31.6 Å². The second-order valence-electron chi connectivity index (χ2n) is 6.91. The molecule has 0 aromatic rings. The second kappa shape index (κ2) is 5.48.